The first-order valence-electron chi connectivity index (χ1n) is 3.77. The maximum absolute atomic E-state index is 12.5. The summed E-state index contributed by atoms with van der Waals surface area (Å²) in [7, 11) is 0. The van der Waals surface area contributed by atoms with E-state index in [2.05, 4.69) is 0 Å². The van der Waals surface area contributed by atoms with Gasteiger partial charge in [-0.15, -0.1) is 6.61 Å². The molecular weight excluding hydrogens is 172 g/mol. The standard InChI is InChI=1S/C7H13FNO.K/c8-7-2-4-9(6-7)3-1-5-10;/h7H,1-6H2;/q-1;+1. The molecule has 0 amide bonds. The zero-order valence-electron chi connectivity index (χ0n) is 7.05. The molecule has 1 aliphatic heterocycles. The summed E-state index contributed by atoms with van der Waals surface area (Å²) in [5.74, 6) is 0. The van der Waals surface area contributed by atoms with Crippen molar-refractivity contribution in [3.05, 3.63) is 0 Å². The molecule has 1 atom stereocenters. The third kappa shape index (κ3) is 4.93. The number of nitrogens with zero attached hydrogens (tertiary/aromatic N) is 1. The Balaban J connectivity index is 0.000001000. The number of hydrogen-bond acceptors (Lipinski definition) is 2. The minimum absolute atomic E-state index is 0. The second-order valence-electron chi connectivity index (χ2n) is 2.74. The summed E-state index contributed by atoms with van der Waals surface area (Å²) in [6, 6.07) is 0. The first-order valence-corrected chi connectivity index (χ1v) is 3.77. The molecule has 1 rings (SSSR count). The van der Waals surface area contributed by atoms with Crippen LogP contribution in [0.2, 0.25) is 0 Å². The first-order chi connectivity index (χ1) is 4.83. The average molecular weight is 185 g/mol. The minimum Gasteiger partial charge on any atom is -0.854 e. The van der Waals surface area contributed by atoms with Crippen LogP contribution < -0.4 is 56.5 Å². The van der Waals surface area contributed by atoms with Crippen LogP contribution in [0.5, 0.6) is 0 Å². The Morgan fingerprint density at radius 3 is 2.73 bits per heavy atom. The van der Waals surface area contributed by atoms with E-state index in [-0.39, 0.29) is 58.0 Å². The zero-order chi connectivity index (χ0) is 7.40. The molecule has 1 heterocycles. The van der Waals surface area contributed by atoms with Crippen molar-refractivity contribution >= 4 is 0 Å². The van der Waals surface area contributed by atoms with Crippen molar-refractivity contribution in [2.24, 2.45) is 0 Å². The van der Waals surface area contributed by atoms with E-state index in [0.29, 0.717) is 19.4 Å². The van der Waals surface area contributed by atoms with Crippen LogP contribution in [0.4, 0.5) is 4.39 Å². The molecule has 4 heteroatoms. The number of likely N-dealkylation sites (tertiary alicyclic amines) is 1. The van der Waals surface area contributed by atoms with Crippen LogP contribution in [0.25, 0.3) is 0 Å². The van der Waals surface area contributed by atoms with Crippen molar-refractivity contribution in [3.8, 4) is 0 Å². The molecular formula is C7H13FKNO. The van der Waals surface area contributed by atoms with Gasteiger partial charge in [0.05, 0.1) is 0 Å². The summed E-state index contributed by atoms with van der Waals surface area (Å²) in [4.78, 5) is 2.02. The Bertz CT molecular complexity index is 104. The molecule has 1 unspecified atom stereocenters. The Kier molecular flexibility index (Phi) is 7.88. The Morgan fingerprint density at radius 1 is 1.55 bits per heavy atom. The van der Waals surface area contributed by atoms with Crippen molar-refractivity contribution in [1.82, 2.24) is 4.90 Å². The van der Waals surface area contributed by atoms with Gasteiger partial charge in [-0.2, -0.15) is 0 Å². The van der Waals surface area contributed by atoms with E-state index in [1.54, 1.807) is 0 Å². The molecule has 60 valence electrons. The number of rotatable bonds is 3. The maximum atomic E-state index is 12.5. The Labute approximate surface area is 110 Å². The van der Waals surface area contributed by atoms with Crippen molar-refractivity contribution in [2.45, 2.75) is 19.0 Å². The third-order valence-corrected chi connectivity index (χ3v) is 1.83. The molecule has 11 heavy (non-hydrogen) atoms. The fourth-order valence-electron chi connectivity index (χ4n) is 1.28. The molecule has 1 fully saturated rings. The second kappa shape index (κ2) is 6.94. The third-order valence-electron chi connectivity index (χ3n) is 1.83. The molecule has 2 nitrogen and oxygen atoms in total. The van der Waals surface area contributed by atoms with E-state index in [1.807, 2.05) is 4.90 Å². The second-order valence-corrected chi connectivity index (χ2v) is 2.74. The van der Waals surface area contributed by atoms with Gasteiger partial charge >= 0.3 is 51.4 Å². The molecule has 0 spiro atoms. The van der Waals surface area contributed by atoms with Gasteiger partial charge in [-0.1, -0.05) is 6.42 Å². The Hall–Kier alpha value is 1.49. The Morgan fingerprint density at radius 2 is 2.27 bits per heavy atom. The quantitative estimate of drug-likeness (QED) is 0.433. The van der Waals surface area contributed by atoms with Gasteiger partial charge < -0.3 is 10.0 Å². The number of halogens is 1. The fraction of sp³-hybridized carbons (Fsp3) is 1.00. The van der Waals surface area contributed by atoms with Crippen LogP contribution in [0.3, 0.4) is 0 Å². The van der Waals surface area contributed by atoms with Crippen molar-refractivity contribution < 1.29 is 60.9 Å². The van der Waals surface area contributed by atoms with Gasteiger partial charge in [-0.3, -0.25) is 0 Å². The molecule has 1 aliphatic rings. The average Bonchev–Trinajstić information content (AvgIpc) is 2.31. The first kappa shape index (κ1) is 12.5. The van der Waals surface area contributed by atoms with Gasteiger partial charge in [-0.05, 0) is 13.0 Å². The van der Waals surface area contributed by atoms with Gasteiger partial charge in [0.15, 0.2) is 0 Å². The summed E-state index contributed by atoms with van der Waals surface area (Å²) in [6.07, 6.45) is 0.664. The van der Waals surface area contributed by atoms with Crippen LogP contribution in [0, 0.1) is 0 Å². The molecule has 1 saturated heterocycles. The minimum atomic E-state index is -0.647. The summed E-state index contributed by atoms with van der Waals surface area (Å²) < 4.78 is 12.5. The molecule has 0 radical (unpaired) electrons. The predicted molar refractivity (Wildman–Crippen MR) is 35.4 cm³/mol. The molecule has 0 aromatic carbocycles. The van der Waals surface area contributed by atoms with Gasteiger partial charge in [0, 0.05) is 13.1 Å². The summed E-state index contributed by atoms with van der Waals surface area (Å²) in [5, 5.41) is 10.0. The SMILES string of the molecule is [K+].[O-]CCCN1CCC(F)C1. The zero-order valence-corrected chi connectivity index (χ0v) is 10.2. The van der Waals surface area contributed by atoms with Crippen LogP contribution >= 0.6 is 0 Å². The monoisotopic (exact) mass is 185 g/mol. The molecule has 0 aromatic heterocycles. The molecule has 0 aromatic rings. The normalized spacial score (nSPS) is 25.1. The van der Waals surface area contributed by atoms with E-state index >= 15 is 0 Å². The van der Waals surface area contributed by atoms with Crippen molar-refractivity contribution in [1.29, 1.82) is 0 Å². The largest absolute Gasteiger partial charge is 1.00 e. The van der Waals surface area contributed by atoms with E-state index in [9.17, 15) is 9.50 Å². The fourth-order valence-corrected chi connectivity index (χ4v) is 1.28. The number of hydrogen-bond donors (Lipinski definition) is 0. The maximum Gasteiger partial charge on any atom is 1.00 e. The van der Waals surface area contributed by atoms with E-state index in [0.717, 1.165) is 13.1 Å². The molecule has 0 aliphatic carbocycles. The predicted octanol–water partition coefficient (Wildman–Crippen LogP) is -3.22. The van der Waals surface area contributed by atoms with Gasteiger partial charge in [0.1, 0.15) is 6.17 Å². The van der Waals surface area contributed by atoms with E-state index in [1.165, 1.54) is 0 Å². The summed E-state index contributed by atoms with van der Waals surface area (Å²) in [5.41, 5.74) is 0. The molecule has 0 N–H and O–H groups in total. The van der Waals surface area contributed by atoms with Gasteiger partial charge in [0.2, 0.25) is 0 Å². The van der Waals surface area contributed by atoms with Crippen molar-refractivity contribution in [3.63, 3.8) is 0 Å². The van der Waals surface area contributed by atoms with Crippen molar-refractivity contribution in [2.75, 3.05) is 26.2 Å². The number of alkyl halides is 1. The summed E-state index contributed by atoms with van der Waals surface area (Å²) >= 11 is 0. The van der Waals surface area contributed by atoms with Crippen LogP contribution in [-0.2, 0) is 0 Å². The van der Waals surface area contributed by atoms with Crippen LogP contribution in [0.1, 0.15) is 12.8 Å². The van der Waals surface area contributed by atoms with Crippen LogP contribution in [0.15, 0.2) is 0 Å². The molecule has 0 saturated carbocycles. The van der Waals surface area contributed by atoms with Gasteiger partial charge in [-0.25, -0.2) is 4.39 Å². The topological polar surface area (TPSA) is 26.3 Å². The van der Waals surface area contributed by atoms with Crippen LogP contribution in [-0.4, -0.2) is 37.3 Å². The van der Waals surface area contributed by atoms with Gasteiger partial charge in [0.25, 0.3) is 0 Å². The summed E-state index contributed by atoms with van der Waals surface area (Å²) in [6.45, 7) is 2.12. The van der Waals surface area contributed by atoms with E-state index in [4.69, 9.17) is 0 Å². The smallest absolute Gasteiger partial charge is 0.854 e. The molecule has 0 bridgehead atoms. The van der Waals surface area contributed by atoms with E-state index < -0.39 is 6.17 Å².